The van der Waals surface area contributed by atoms with E-state index in [1.54, 1.807) is 0 Å². The van der Waals surface area contributed by atoms with Crippen molar-refractivity contribution in [3.05, 3.63) is 12.2 Å². The highest BCUT2D eigenvalue weighted by atomic mass is 15.4. The van der Waals surface area contributed by atoms with Crippen molar-refractivity contribution in [3.63, 3.8) is 0 Å². The average Bonchev–Trinajstić information content (AvgIpc) is 2.31. The number of hydrazone groups is 1. The van der Waals surface area contributed by atoms with Gasteiger partial charge in [-0.2, -0.15) is 5.10 Å². The van der Waals surface area contributed by atoms with Crippen molar-refractivity contribution in [1.82, 2.24) is 5.01 Å². The van der Waals surface area contributed by atoms with Crippen molar-refractivity contribution in [2.45, 2.75) is 19.8 Å². The molecule has 0 atom stereocenters. The van der Waals surface area contributed by atoms with Gasteiger partial charge >= 0.3 is 0 Å². The third-order valence-electron chi connectivity index (χ3n) is 1.54. The monoisotopic (exact) mass is 138 g/mol. The maximum Gasteiger partial charge on any atom is 0.0620 e. The molecule has 1 heterocycles. The lowest BCUT2D eigenvalue weighted by Gasteiger charge is -2.00. The fourth-order valence-corrected chi connectivity index (χ4v) is 0.966. The van der Waals surface area contributed by atoms with Gasteiger partial charge in [0, 0.05) is 20.0 Å². The summed E-state index contributed by atoms with van der Waals surface area (Å²) in [4.78, 5) is 0. The largest absolute Gasteiger partial charge is 0.299 e. The van der Waals surface area contributed by atoms with Crippen LogP contribution in [0.2, 0.25) is 0 Å². The summed E-state index contributed by atoms with van der Waals surface area (Å²) in [5.74, 6) is 0. The third-order valence-corrected chi connectivity index (χ3v) is 1.54. The minimum atomic E-state index is 1.07. The molecule has 0 radical (unpaired) electrons. The lowest BCUT2D eigenvalue weighted by Crippen LogP contribution is -2.04. The van der Waals surface area contributed by atoms with Crippen LogP contribution in [-0.4, -0.2) is 24.3 Å². The molecular formula is C8H14N2. The Kier molecular flexibility index (Phi) is 2.49. The summed E-state index contributed by atoms with van der Waals surface area (Å²) in [5.41, 5.74) is 1.21. The van der Waals surface area contributed by atoms with Gasteiger partial charge in [0.15, 0.2) is 0 Å². The van der Waals surface area contributed by atoms with Crippen LogP contribution in [0.3, 0.4) is 0 Å². The highest BCUT2D eigenvalue weighted by Crippen LogP contribution is 2.03. The second-order valence-electron chi connectivity index (χ2n) is 2.53. The van der Waals surface area contributed by atoms with E-state index in [1.807, 2.05) is 12.1 Å². The van der Waals surface area contributed by atoms with Gasteiger partial charge in [-0.05, 0) is 12.5 Å². The zero-order valence-corrected chi connectivity index (χ0v) is 6.67. The standard InChI is InChI=1S/C8H14N2/c1-3-4-5-8-6-7-10(2)9-8/h4-5H,3,6-7H2,1-2H3/b5-4-. The van der Waals surface area contributed by atoms with E-state index >= 15 is 0 Å². The lowest BCUT2D eigenvalue weighted by molar-refractivity contribution is 0.393. The smallest absolute Gasteiger partial charge is 0.0620 e. The molecule has 0 aliphatic carbocycles. The van der Waals surface area contributed by atoms with Crippen LogP contribution in [0, 0.1) is 0 Å². The summed E-state index contributed by atoms with van der Waals surface area (Å²) >= 11 is 0. The van der Waals surface area contributed by atoms with Crippen molar-refractivity contribution in [2.24, 2.45) is 5.10 Å². The first kappa shape index (κ1) is 7.32. The molecule has 0 aromatic heterocycles. The van der Waals surface area contributed by atoms with E-state index in [4.69, 9.17) is 0 Å². The molecule has 56 valence electrons. The van der Waals surface area contributed by atoms with Gasteiger partial charge in [-0.1, -0.05) is 13.0 Å². The Bertz CT molecular complexity index is 159. The molecular weight excluding hydrogens is 124 g/mol. The average molecular weight is 138 g/mol. The molecule has 2 nitrogen and oxygen atoms in total. The van der Waals surface area contributed by atoms with Crippen LogP contribution < -0.4 is 0 Å². The van der Waals surface area contributed by atoms with Gasteiger partial charge in [0.25, 0.3) is 0 Å². The van der Waals surface area contributed by atoms with Gasteiger partial charge in [0.1, 0.15) is 0 Å². The molecule has 0 saturated carbocycles. The van der Waals surface area contributed by atoms with E-state index in [0.717, 1.165) is 19.4 Å². The van der Waals surface area contributed by atoms with Crippen LogP contribution >= 0.6 is 0 Å². The fraction of sp³-hybridized carbons (Fsp3) is 0.625. The summed E-state index contributed by atoms with van der Waals surface area (Å²) in [7, 11) is 2.01. The molecule has 0 spiro atoms. The molecule has 0 bridgehead atoms. The van der Waals surface area contributed by atoms with E-state index in [1.165, 1.54) is 5.71 Å². The topological polar surface area (TPSA) is 15.6 Å². The van der Waals surface area contributed by atoms with Crippen molar-refractivity contribution in [3.8, 4) is 0 Å². The second-order valence-corrected chi connectivity index (χ2v) is 2.53. The summed E-state index contributed by atoms with van der Waals surface area (Å²) in [5, 5.41) is 6.27. The first-order valence-corrected chi connectivity index (χ1v) is 3.78. The first-order chi connectivity index (χ1) is 4.83. The van der Waals surface area contributed by atoms with Gasteiger partial charge in [-0.3, -0.25) is 5.01 Å². The quantitative estimate of drug-likeness (QED) is 0.566. The Balaban J connectivity index is 2.42. The maximum atomic E-state index is 4.29. The van der Waals surface area contributed by atoms with E-state index in [-0.39, 0.29) is 0 Å². The zero-order chi connectivity index (χ0) is 7.40. The second kappa shape index (κ2) is 3.40. The normalized spacial score (nSPS) is 18.6. The molecule has 0 aromatic rings. The van der Waals surface area contributed by atoms with E-state index < -0.39 is 0 Å². The number of hydrogen-bond acceptors (Lipinski definition) is 2. The highest BCUT2D eigenvalue weighted by molar-refractivity contribution is 5.95. The van der Waals surface area contributed by atoms with Gasteiger partial charge in [0.2, 0.25) is 0 Å². The van der Waals surface area contributed by atoms with E-state index in [0.29, 0.717) is 0 Å². The van der Waals surface area contributed by atoms with Gasteiger partial charge in [-0.15, -0.1) is 0 Å². The van der Waals surface area contributed by atoms with Crippen molar-refractivity contribution >= 4 is 5.71 Å². The summed E-state index contributed by atoms with van der Waals surface area (Å²) in [6.45, 7) is 3.21. The number of allylic oxidation sites excluding steroid dienone is 2. The molecule has 0 saturated heterocycles. The van der Waals surface area contributed by atoms with E-state index in [2.05, 4.69) is 24.2 Å². The summed E-state index contributed by atoms with van der Waals surface area (Å²) in [6.07, 6.45) is 6.47. The van der Waals surface area contributed by atoms with Crippen LogP contribution in [0.15, 0.2) is 17.3 Å². The minimum absolute atomic E-state index is 1.07. The molecule has 10 heavy (non-hydrogen) atoms. The zero-order valence-electron chi connectivity index (χ0n) is 6.67. The Morgan fingerprint density at radius 3 is 3.00 bits per heavy atom. The molecule has 2 heteroatoms. The Hall–Kier alpha value is -0.790. The third kappa shape index (κ3) is 1.87. The number of hydrogen-bond donors (Lipinski definition) is 0. The molecule has 0 aromatic carbocycles. The van der Waals surface area contributed by atoms with Gasteiger partial charge < -0.3 is 0 Å². The van der Waals surface area contributed by atoms with Gasteiger partial charge in [-0.25, -0.2) is 0 Å². The predicted octanol–water partition coefficient (Wildman–Crippen LogP) is 1.64. The van der Waals surface area contributed by atoms with Crippen LogP contribution in [0.1, 0.15) is 19.8 Å². The van der Waals surface area contributed by atoms with Crippen LogP contribution in [-0.2, 0) is 0 Å². The van der Waals surface area contributed by atoms with Crippen molar-refractivity contribution in [2.75, 3.05) is 13.6 Å². The maximum absolute atomic E-state index is 4.29. The number of rotatable bonds is 2. The Labute approximate surface area is 62.2 Å². The Morgan fingerprint density at radius 1 is 1.70 bits per heavy atom. The fourth-order valence-electron chi connectivity index (χ4n) is 0.966. The van der Waals surface area contributed by atoms with Crippen molar-refractivity contribution in [1.29, 1.82) is 0 Å². The molecule has 0 amide bonds. The number of nitrogens with zero attached hydrogens (tertiary/aromatic N) is 2. The minimum Gasteiger partial charge on any atom is -0.299 e. The summed E-state index contributed by atoms with van der Waals surface area (Å²) in [6, 6.07) is 0. The van der Waals surface area contributed by atoms with E-state index in [9.17, 15) is 0 Å². The molecule has 1 rings (SSSR count). The predicted molar refractivity (Wildman–Crippen MR) is 44.1 cm³/mol. The van der Waals surface area contributed by atoms with Gasteiger partial charge in [0.05, 0.1) is 5.71 Å². The molecule has 0 unspecified atom stereocenters. The molecule has 0 fully saturated rings. The van der Waals surface area contributed by atoms with Crippen LogP contribution in [0.5, 0.6) is 0 Å². The Morgan fingerprint density at radius 2 is 2.50 bits per heavy atom. The lowest BCUT2D eigenvalue weighted by atomic mass is 10.2. The molecule has 1 aliphatic heterocycles. The van der Waals surface area contributed by atoms with Crippen molar-refractivity contribution < 1.29 is 0 Å². The molecule has 0 N–H and O–H groups in total. The highest BCUT2D eigenvalue weighted by Gasteiger charge is 2.05. The molecule has 1 aliphatic rings. The first-order valence-electron chi connectivity index (χ1n) is 3.78. The van der Waals surface area contributed by atoms with Crippen LogP contribution in [0.4, 0.5) is 0 Å². The van der Waals surface area contributed by atoms with Crippen LogP contribution in [0.25, 0.3) is 0 Å². The summed E-state index contributed by atoms with van der Waals surface area (Å²) < 4.78 is 0. The SMILES string of the molecule is CC/C=C\C1=NN(C)CC1.